The molecule has 0 bridgehead atoms. The summed E-state index contributed by atoms with van der Waals surface area (Å²) in [5.41, 5.74) is 2.51. The van der Waals surface area contributed by atoms with Gasteiger partial charge in [-0.3, -0.25) is 0 Å². The van der Waals surface area contributed by atoms with Crippen molar-refractivity contribution in [2.45, 2.75) is 44.1 Å². The lowest BCUT2D eigenvalue weighted by atomic mass is 9.78. The minimum Gasteiger partial charge on any atom is -0.380 e. The van der Waals surface area contributed by atoms with Gasteiger partial charge in [0.1, 0.15) is 5.60 Å². The van der Waals surface area contributed by atoms with Crippen molar-refractivity contribution >= 4 is 0 Å². The molecule has 1 fully saturated rings. The Morgan fingerprint density at radius 2 is 1.55 bits per heavy atom. The summed E-state index contributed by atoms with van der Waals surface area (Å²) < 4.78 is 0. The van der Waals surface area contributed by atoms with E-state index in [1.807, 2.05) is 37.3 Å². The predicted octanol–water partition coefficient (Wildman–Crippen LogP) is 4.60. The van der Waals surface area contributed by atoms with Crippen molar-refractivity contribution in [3.05, 3.63) is 71.3 Å². The van der Waals surface area contributed by atoms with E-state index in [2.05, 4.69) is 24.3 Å². The second-order valence-electron chi connectivity index (χ2n) is 5.83. The molecule has 1 heteroatoms. The van der Waals surface area contributed by atoms with Crippen molar-refractivity contribution in [2.75, 3.05) is 0 Å². The molecule has 1 saturated carbocycles. The molecule has 3 rings (SSSR count). The van der Waals surface area contributed by atoms with E-state index < -0.39 is 5.60 Å². The van der Waals surface area contributed by atoms with E-state index >= 15 is 0 Å². The van der Waals surface area contributed by atoms with E-state index in [1.165, 1.54) is 24.8 Å². The van der Waals surface area contributed by atoms with E-state index in [1.54, 1.807) is 0 Å². The largest absolute Gasteiger partial charge is 0.380 e. The van der Waals surface area contributed by atoms with Gasteiger partial charge in [-0.2, -0.15) is 0 Å². The summed E-state index contributed by atoms with van der Waals surface area (Å²) >= 11 is 0. The number of aliphatic hydroxyl groups is 1. The third-order valence-electron chi connectivity index (χ3n) is 4.73. The lowest BCUT2D eigenvalue weighted by Crippen LogP contribution is -2.26. The second-order valence-corrected chi connectivity index (χ2v) is 5.83. The Kier molecular flexibility index (Phi) is 3.62. The van der Waals surface area contributed by atoms with Gasteiger partial charge in [0.2, 0.25) is 0 Å². The number of hydrogen-bond acceptors (Lipinski definition) is 1. The molecule has 104 valence electrons. The van der Waals surface area contributed by atoms with Crippen molar-refractivity contribution in [1.29, 1.82) is 0 Å². The fraction of sp³-hybridized carbons (Fsp3) is 0.368. The summed E-state index contributed by atoms with van der Waals surface area (Å²) in [4.78, 5) is 0. The van der Waals surface area contributed by atoms with Gasteiger partial charge in [0, 0.05) is 0 Å². The molecule has 2 aromatic carbocycles. The molecule has 2 aromatic rings. The van der Waals surface area contributed by atoms with Gasteiger partial charge in [-0.05, 0) is 41.9 Å². The molecule has 0 aromatic heterocycles. The maximum atomic E-state index is 11.1. The first-order chi connectivity index (χ1) is 9.74. The lowest BCUT2D eigenvalue weighted by molar-refractivity contribution is 0.0765. The molecule has 0 aliphatic heterocycles. The van der Waals surface area contributed by atoms with Crippen molar-refractivity contribution in [3.63, 3.8) is 0 Å². The molecule has 20 heavy (non-hydrogen) atoms. The molecule has 1 atom stereocenters. The molecule has 0 heterocycles. The standard InChI is InChI=1S/C19H22O/c1-2-19(20,17-9-4-3-5-10-17)18-13-11-16(12-14-18)15-7-6-8-15/h3-5,9-15,20H,2,6-8H2,1H3. The highest BCUT2D eigenvalue weighted by Crippen LogP contribution is 2.38. The van der Waals surface area contributed by atoms with Gasteiger partial charge in [-0.25, -0.2) is 0 Å². The van der Waals surface area contributed by atoms with Crippen molar-refractivity contribution in [1.82, 2.24) is 0 Å². The van der Waals surface area contributed by atoms with Gasteiger partial charge >= 0.3 is 0 Å². The van der Waals surface area contributed by atoms with Crippen LogP contribution in [-0.2, 0) is 5.60 Å². The van der Waals surface area contributed by atoms with Crippen LogP contribution in [0.25, 0.3) is 0 Å². The Morgan fingerprint density at radius 1 is 0.950 bits per heavy atom. The van der Waals surface area contributed by atoms with Gasteiger partial charge in [0.15, 0.2) is 0 Å². The molecule has 1 aliphatic carbocycles. The molecular formula is C19H22O. The van der Waals surface area contributed by atoms with Crippen molar-refractivity contribution in [2.24, 2.45) is 0 Å². The minimum atomic E-state index is -0.876. The molecule has 1 aliphatic rings. The van der Waals surface area contributed by atoms with Gasteiger partial charge in [-0.15, -0.1) is 0 Å². The number of rotatable bonds is 4. The molecular weight excluding hydrogens is 244 g/mol. The first-order valence-electron chi connectivity index (χ1n) is 7.62. The molecule has 1 unspecified atom stereocenters. The quantitative estimate of drug-likeness (QED) is 0.857. The van der Waals surface area contributed by atoms with Gasteiger partial charge in [0.25, 0.3) is 0 Å². The Bertz CT molecular complexity index is 554. The fourth-order valence-electron chi connectivity index (χ4n) is 3.06. The van der Waals surface area contributed by atoms with Crippen LogP contribution in [0.3, 0.4) is 0 Å². The highest BCUT2D eigenvalue weighted by atomic mass is 16.3. The molecule has 0 amide bonds. The zero-order chi connectivity index (χ0) is 14.0. The van der Waals surface area contributed by atoms with E-state index in [0.29, 0.717) is 6.42 Å². The highest BCUT2D eigenvalue weighted by Gasteiger charge is 2.29. The SMILES string of the molecule is CCC(O)(c1ccccc1)c1ccc(C2CCC2)cc1. The summed E-state index contributed by atoms with van der Waals surface area (Å²) in [5, 5.41) is 11.1. The summed E-state index contributed by atoms with van der Waals surface area (Å²) in [6.45, 7) is 2.03. The zero-order valence-corrected chi connectivity index (χ0v) is 12.0. The van der Waals surface area contributed by atoms with E-state index in [-0.39, 0.29) is 0 Å². The van der Waals surface area contributed by atoms with Crippen LogP contribution < -0.4 is 0 Å². The third-order valence-corrected chi connectivity index (χ3v) is 4.73. The van der Waals surface area contributed by atoms with E-state index in [4.69, 9.17) is 0 Å². The van der Waals surface area contributed by atoms with Crippen LogP contribution >= 0.6 is 0 Å². The monoisotopic (exact) mass is 266 g/mol. The summed E-state index contributed by atoms with van der Waals surface area (Å²) in [6, 6.07) is 18.6. The second kappa shape index (κ2) is 5.41. The maximum absolute atomic E-state index is 11.1. The van der Waals surface area contributed by atoms with Crippen molar-refractivity contribution < 1.29 is 5.11 Å². The molecule has 0 radical (unpaired) electrons. The number of hydrogen-bond donors (Lipinski definition) is 1. The average molecular weight is 266 g/mol. The van der Waals surface area contributed by atoms with Crippen LogP contribution in [-0.4, -0.2) is 5.11 Å². The zero-order valence-electron chi connectivity index (χ0n) is 12.0. The molecule has 0 saturated heterocycles. The Morgan fingerprint density at radius 3 is 2.05 bits per heavy atom. The van der Waals surface area contributed by atoms with E-state index in [9.17, 15) is 5.11 Å². The van der Waals surface area contributed by atoms with Crippen LogP contribution in [0.4, 0.5) is 0 Å². The summed E-state index contributed by atoms with van der Waals surface area (Å²) in [6.07, 6.45) is 4.67. The Hall–Kier alpha value is -1.60. The lowest BCUT2D eigenvalue weighted by Gasteiger charge is -2.30. The smallest absolute Gasteiger partial charge is 0.114 e. The topological polar surface area (TPSA) is 20.2 Å². The Labute approximate surface area is 121 Å². The average Bonchev–Trinajstić information content (AvgIpc) is 2.46. The van der Waals surface area contributed by atoms with Crippen LogP contribution in [0.2, 0.25) is 0 Å². The first kappa shape index (κ1) is 13.4. The predicted molar refractivity (Wildman–Crippen MR) is 82.8 cm³/mol. The fourth-order valence-corrected chi connectivity index (χ4v) is 3.06. The highest BCUT2D eigenvalue weighted by molar-refractivity contribution is 5.38. The van der Waals surface area contributed by atoms with Crippen LogP contribution in [0.1, 0.15) is 55.2 Å². The molecule has 0 spiro atoms. The first-order valence-corrected chi connectivity index (χ1v) is 7.62. The van der Waals surface area contributed by atoms with E-state index in [0.717, 1.165) is 17.0 Å². The molecule has 1 nitrogen and oxygen atoms in total. The molecule has 1 N–H and O–H groups in total. The Balaban J connectivity index is 1.92. The van der Waals surface area contributed by atoms with Crippen LogP contribution in [0.5, 0.6) is 0 Å². The summed E-state index contributed by atoms with van der Waals surface area (Å²) in [5.74, 6) is 0.746. The van der Waals surface area contributed by atoms with Gasteiger partial charge in [0.05, 0.1) is 0 Å². The van der Waals surface area contributed by atoms with Gasteiger partial charge in [-0.1, -0.05) is 67.9 Å². The van der Waals surface area contributed by atoms with Crippen LogP contribution in [0.15, 0.2) is 54.6 Å². The maximum Gasteiger partial charge on any atom is 0.114 e. The van der Waals surface area contributed by atoms with Gasteiger partial charge < -0.3 is 5.11 Å². The minimum absolute atomic E-state index is 0.680. The number of benzene rings is 2. The van der Waals surface area contributed by atoms with Crippen molar-refractivity contribution in [3.8, 4) is 0 Å². The summed E-state index contributed by atoms with van der Waals surface area (Å²) in [7, 11) is 0. The third kappa shape index (κ3) is 2.27. The van der Waals surface area contributed by atoms with Crippen LogP contribution in [0, 0.1) is 0 Å². The normalized spacial score (nSPS) is 18.3.